The normalized spacial score (nSPS) is 24.4. The molecule has 3 unspecified atom stereocenters. The molecule has 3 heteroatoms. The highest BCUT2D eigenvalue weighted by molar-refractivity contribution is 5.23. The SMILES string of the molecule is CCC(C)C1CN(C(C)c2cc(C)oc2C)CCN1. The highest BCUT2D eigenvalue weighted by Gasteiger charge is 2.27. The Hall–Kier alpha value is -0.800. The standard InChI is InChI=1S/C16H28N2O/c1-6-11(2)16-10-18(8-7-17-16)13(4)15-9-12(3)19-14(15)5/h9,11,13,16-17H,6-8,10H2,1-5H3. The van der Waals surface area contributed by atoms with Crippen molar-refractivity contribution < 1.29 is 4.42 Å². The molecule has 1 fully saturated rings. The minimum absolute atomic E-state index is 0.450. The quantitative estimate of drug-likeness (QED) is 0.904. The predicted octanol–water partition coefficient (Wildman–Crippen LogP) is 3.28. The van der Waals surface area contributed by atoms with E-state index in [9.17, 15) is 0 Å². The van der Waals surface area contributed by atoms with E-state index in [4.69, 9.17) is 4.42 Å². The molecule has 1 N–H and O–H groups in total. The second-order valence-corrected chi connectivity index (χ2v) is 5.99. The molecule has 0 spiro atoms. The Labute approximate surface area is 117 Å². The summed E-state index contributed by atoms with van der Waals surface area (Å²) in [5, 5.41) is 3.66. The molecule has 0 aliphatic carbocycles. The van der Waals surface area contributed by atoms with Gasteiger partial charge in [-0.1, -0.05) is 20.3 Å². The van der Waals surface area contributed by atoms with Crippen LogP contribution in [0.15, 0.2) is 10.5 Å². The summed E-state index contributed by atoms with van der Waals surface area (Å²) in [4.78, 5) is 2.59. The first-order chi connectivity index (χ1) is 9.02. The van der Waals surface area contributed by atoms with Crippen LogP contribution in [0.25, 0.3) is 0 Å². The van der Waals surface area contributed by atoms with E-state index in [1.807, 2.05) is 6.92 Å². The van der Waals surface area contributed by atoms with E-state index < -0.39 is 0 Å². The minimum atomic E-state index is 0.450. The fourth-order valence-corrected chi connectivity index (χ4v) is 3.08. The zero-order chi connectivity index (χ0) is 14.0. The van der Waals surface area contributed by atoms with E-state index in [0.29, 0.717) is 12.1 Å². The molecule has 1 aliphatic heterocycles. The van der Waals surface area contributed by atoms with Crippen molar-refractivity contribution in [2.75, 3.05) is 19.6 Å². The average Bonchev–Trinajstić information content (AvgIpc) is 2.76. The van der Waals surface area contributed by atoms with Crippen LogP contribution in [-0.2, 0) is 0 Å². The van der Waals surface area contributed by atoms with Crippen molar-refractivity contribution in [1.29, 1.82) is 0 Å². The maximum absolute atomic E-state index is 5.68. The Bertz CT molecular complexity index is 413. The third-order valence-corrected chi connectivity index (χ3v) is 4.64. The lowest BCUT2D eigenvalue weighted by Gasteiger charge is -2.39. The van der Waals surface area contributed by atoms with Gasteiger partial charge < -0.3 is 9.73 Å². The van der Waals surface area contributed by atoms with Crippen LogP contribution in [0.5, 0.6) is 0 Å². The molecule has 2 heterocycles. The number of rotatable bonds is 4. The van der Waals surface area contributed by atoms with Crippen molar-refractivity contribution in [2.24, 2.45) is 5.92 Å². The average molecular weight is 264 g/mol. The topological polar surface area (TPSA) is 28.4 Å². The third kappa shape index (κ3) is 3.21. The maximum atomic E-state index is 5.68. The van der Waals surface area contributed by atoms with Crippen LogP contribution < -0.4 is 5.32 Å². The van der Waals surface area contributed by atoms with Gasteiger partial charge in [0.15, 0.2) is 0 Å². The number of aryl methyl sites for hydroxylation is 2. The van der Waals surface area contributed by atoms with Gasteiger partial charge in [0.1, 0.15) is 11.5 Å². The van der Waals surface area contributed by atoms with Gasteiger partial charge in [-0.05, 0) is 32.8 Å². The molecule has 1 aromatic rings. The second kappa shape index (κ2) is 6.10. The van der Waals surface area contributed by atoms with Gasteiger partial charge in [-0.15, -0.1) is 0 Å². The van der Waals surface area contributed by atoms with Crippen molar-refractivity contribution in [3.05, 3.63) is 23.2 Å². The van der Waals surface area contributed by atoms with E-state index in [1.165, 1.54) is 12.0 Å². The van der Waals surface area contributed by atoms with Gasteiger partial charge >= 0.3 is 0 Å². The van der Waals surface area contributed by atoms with Gasteiger partial charge in [0.05, 0.1) is 0 Å². The first-order valence-electron chi connectivity index (χ1n) is 7.57. The fraction of sp³-hybridized carbons (Fsp3) is 0.750. The Kier molecular flexibility index (Phi) is 4.69. The maximum Gasteiger partial charge on any atom is 0.105 e. The van der Waals surface area contributed by atoms with Crippen molar-refractivity contribution in [3.8, 4) is 0 Å². The van der Waals surface area contributed by atoms with Crippen LogP contribution in [0.2, 0.25) is 0 Å². The van der Waals surface area contributed by atoms with Crippen LogP contribution in [0.3, 0.4) is 0 Å². The number of nitrogens with one attached hydrogen (secondary N) is 1. The zero-order valence-electron chi connectivity index (χ0n) is 13.0. The summed E-state index contributed by atoms with van der Waals surface area (Å²) >= 11 is 0. The van der Waals surface area contributed by atoms with Crippen LogP contribution >= 0.6 is 0 Å². The summed E-state index contributed by atoms with van der Waals surface area (Å²) in [6.07, 6.45) is 1.24. The first kappa shape index (κ1) is 14.6. The van der Waals surface area contributed by atoms with Gasteiger partial charge in [-0.3, -0.25) is 4.90 Å². The van der Waals surface area contributed by atoms with E-state index in [-0.39, 0.29) is 0 Å². The van der Waals surface area contributed by atoms with Crippen LogP contribution in [0.4, 0.5) is 0 Å². The van der Waals surface area contributed by atoms with E-state index in [1.54, 1.807) is 0 Å². The molecular formula is C16H28N2O. The zero-order valence-corrected chi connectivity index (χ0v) is 13.0. The lowest BCUT2D eigenvalue weighted by atomic mass is 9.95. The highest BCUT2D eigenvalue weighted by Crippen LogP contribution is 2.27. The second-order valence-electron chi connectivity index (χ2n) is 5.99. The van der Waals surface area contributed by atoms with Crippen LogP contribution in [0, 0.1) is 19.8 Å². The number of furan rings is 1. The molecule has 1 aromatic heterocycles. The molecule has 3 nitrogen and oxygen atoms in total. The fourth-order valence-electron chi connectivity index (χ4n) is 3.08. The molecule has 0 aromatic carbocycles. The molecule has 0 bridgehead atoms. The predicted molar refractivity (Wildman–Crippen MR) is 79.4 cm³/mol. The Morgan fingerprint density at radius 3 is 2.74 bits per heavy atom. The summed E-state index contributed by atoms with van der Waals surface area (Å²) in [5.74, 6) is 2.83. The van der Waals surface area contributed by atoms with Gasteiger partial charge in [-0.25, -0.2) is 0 Å². The monoisotopic (exact) mass is 264 g/mol. The summed E-state index contributed by atoms with van der Waals surface area (Å²) in [5.41, 5.74) is 1.35. The molecule has 3 atom stereocenters. The molecule has 0 radical (unpaired) electrons. The summed E-state index contributed by atoms with van der Waals surface area (Å²) in [6.45, 7) is 14.4. The molecule has 0 saturated carbocycles. The van der Waals surface area contributed by atoms with Gasteiger partial charge in [0.25, 0.3) is 0 Å². The number of piperazine rings is 1. The minimum Gasteiger partial charge on any atom is -0.466 e. The highest BCUT2D eigenvalue weighted by atomic mass is 16.3. The van der Waals surface area contributed by atoms with E-state index in [2.05, 4.69) is 44.0 Å². The van der Waals surface area contributed by atoms with Crippen LogP contribution in [-0.4, -0.2) is 30.6 Å². The van der Waals surface area contributed by atoms with Crippen molar-refractivity contribution in [2.45, 2.75) is 53.1 Å². The van der Waals surface area contributed by atoms with Gasteiger partial charge in [-0.2, -0.15) is 0 Å². The molecule has 1 aliphatic rings. The molecule has 2 rings (SSSR count). The van der Waals surface area contributed by atoms with Gasteiger partial charge in [0.2, 0.25) is 0 Å². The Balaban J connectivity index is 2.06. The van der Waals surface area contributed by atoms with Crippen molar-refractivity contribution >= 4 is 0 Å². The smallest absolute Gasteiger partial charge is 0.105 e. The lowest BCUT2D eigenvalue weighted by molar-refractivity contribution is 0.129. The molecular weight excluding hydrogens is 236 g/mol. The number of nitrogens with zero attached hydrogens (tertiary/aromatic N) is 1. The lowest BCUT2D eigenvalue weighted by Crippen LogP contribution is -2.53. The molecule has 19 heavy (non-hydrogen) atoms. The van der Waals surface area contributed by atoms with E-state index in [0.717, 1.165) is 37.1 Å². The first-order valence-corrected chi connectivity index (χ1v) is 7.57. The molecule has 1 saturated heterocycles. The molecule has 108 valence electrons. The number of hydrogen-bond donors (Lipinski definition) is 1. The van der Waals surface area contributed by atoms with Crippen molar-refractivity contribution in [3.63, 3.8) is 0 Å². The van der Waals surface area contributed by atoms with Crippen LogP contribution in [0.1, 0.15) is 50.3 Å². The molecule has 0 amide bonds. The number of hydrogen-bond acceptors (Lipinski definition) is 3. The van der Waals surface area contributed by atoms with Crippen molar-refractivity contribution in [1.82, 2.24) is 10.2 Å². The summed E-state index contributed by atoms with van der Waals surface area (Å²) in [7, 11) is 0. The third-order valence-electron chi connectivity index (χ3n) is 4.64. The Morgan fingerprint density at radius 2 is 2.16 bits per heavy atom. The summed E-state index contributed by atoms with van der Waals surface area (Å²) < 4.78 is 5.68. The summed E-state index contributed by atoms with van der Waals surface area (Å²) in [6, 6.07) is 3.26. The van der Waals surface area contributed by atoms with E-state index >= 15 is 0 Å². The largest absolute Gasteiger partial charge is 0.466 e. The Morgan fingerprint density at radius 1 is 1.42 bits per heavy atom. The van der Waals surface area contributed by atoms with Gasteiger partial charge in [0, 0.05) is 37.3 Å².